The molecule has 0 spiro atoms. The van der Waals surface area contributed by atoms with E-state index < -0.39 is 0 Å². The van der Waals surface area contributed by atoms with E-state index in [4.69, 9.17) is 0 Å². The predicted molar refractivity (Wildman–Crippen MR) is 78.3 cm³/mol. The number of piperidine rings is 1. The quantitative estimate of drug-likeness (QED) is 0.765. The molecular formula is C15H20BrNO. The van der Waals surface area contributed by atoms with Crippen molar-refractivity contribution in [2.45, 2.75) is 26.7 Å². The Kier molecular flexibility index (Phi) is 4.44. The topological polar surface area (TPSA) is 20.3 Å². The number of amides is 1. The fourth-order valence-corrected chi connectivity index (χ4v) is 3.16. The number of likely N-dealkylation sites (tertiary alicyclic amines) is 1. The molecule has 18 heavy (non-hydrogen) atoms. The second kappa shape index (κ2) is 5.87. The molecule has 1 aliphatic heterocycles. The maximum absolute atomic E-state index is 12.4. The number of rotatable bonds is 2. The Morgan fingerprint density at radius 3 is 2.56 bits per heavy atom. The summed E-state index contributed by atoms with van der Waals surface area (Å²) in [5.41, 5.74) is 3.16. The standard InChI is InChI=1S/C15H20BrNO/c1-11-3-4-14(12(2)9-11)15(18)17-7-5-13(10-16)6-8-17/h3-4,9,13H,5-8,10H2,1-2H3. The molecule has 0 saturated carbocycles. The summed E-state index contributed by atoms with van der Waals surface area (Å²) >= 11 is 3.53. The average Bonchev–Trinajstić information content (AvgIpc) is 2.38. The molecule has 0 aliphatic carbocycles. The van der Waals surface area contributed by atoms with Crippen molar-refractivity contribution in [3.05, 3.63) is 34.9 Å². The van der Waals surface area contributed by atoms with Crippen LogP contribution in [0.2, 0.25) is 0 Å². The van der Waals surface area contributed by atoms with E-state index in [0.29, 0.717) is 0 Å². The minimum Gasteiger partial charge on any atom is -0.339 e. The third-order valence-electron chi connectivity index (χ3n) is 3.73. The molecule has 0 unspecified atom stereocenters. The van der Waals surface area contributed by atoms with Gasteiger partial charge in [0, 0.05) is 24.0 Å². The predicted octanol–water partition coefficient (Wildman–Crippen LogP) is 3.55. The van der Waals surface area contributed by atoms with Gasteiger partial charge in [-0.05, 0) is 44.2 Å². The fraction of sp³-hybridized carbons (Fsp3) is 0.533. The molecule has 1 amide bonds. The minimum atomic E-state index is 0.195. The zero-order valence-corrected chi connectivity index (χ0v) is 12.7. The number of hydrogen-bond acceptors (Lipinski definition) is 1. The van der Waals surface area contributed by atoms with Crippen LogP contribution in [0, 0.1) is 19.8 Å². The van der Waals surface area contributed by atoms with Crippen LogP contribution in [0.1, 0.15) is 34.3 Å². The number of nitrogens with zero attached hydrogens (tertiary/aromatic N) is 1. The molecular weight excluding hydrogens is 290 g/mol. The van der Waals surface area contributed by atoms with Crippen molar-refractivity contribution in [2.75, 3.05) is 18.4 Å². The number of benzene rings is 1. The summed E-state index contributed by atoms with van der Waals surface area (Å²) in [5.74, 6) is 0.925. The summed E-state index contributed by atoms with van der Waals surface area (Å²) in [6.45, 7) is 5.86. The van der Waals surface area contributed by atoms with Gasteiger partial charge in [-0.15, -0.1) is 0 Å². The summed E-state index contributed by atoms with van der Waals surface area (Å²) < 4.78 is 0. The Morgan fingerprint density at radius 2 is 2.00 bits per heavy atom. The lowest BCUT2D eigenvalue weighted by atomic mass is 9.97. The van der Waals surface area contributed by atoms with Gasteiger partial charge in [-0.25, -0.2) is 0 Å². The normalized spacial score (nSPS) is 16.9. The van der Waals surface area contributed by atoms with Gasteiger partial charge >= 0.3 is 0 Å². The van der Waals surface area contributed by atoms with Crippen molar-refractivity contribution in [1.82, 2.24) is 4.90 Å². The van der Waals surface area contributed by atoms with Gasteiger partial charge in [-0.1, -0.05) is 33.6 Å². The first kappa shape index (κ1) is 13.6. The van der Waals surface area contributed by atoms with Crippen LogP contribution < -0.4 is 0 Å². The molecule has 1 aromatic rings. The molecule has 1 heterocycles. The van der Waals surface area contributed by atoms with Crippen molar-refractivity contribution < 1.29 is 4.79 Å². The lowest BCUT2D eigenvalue weighted by molar-refractivity contribution is 0.0698. The first-order valence-electron chi connectivity index (χ1n) is 6.54. The Hall–Kier alpha value is -0.830. The number of carbonyl (C=O) groups is 1. The molecule has 0 N–H and O–H groups in total. The monoisotopic (exact) mass is 309 g/mol. The van der Waals surface area contributed by atoms with Crippen molar-refractivity contribution >= 4 is 21.8 Å². The Balaban J connectivity index is 2.08. The highest BCUT2D eigenvalue weighted by Gasteiger charge is 2.23. The number of aryl methyl sites for hydroxylation is 2. The van der Waals surface area contributed by atoms with Gasteiger partial charge in [0.25, 0.3) is 5.91 Å². The smallest absolute Gasteiger partial charge is 0.254 e. The van der Waals surface area contributed by atoms with Crippen molar-refractivity contribution in [3.8, 4) is 0 Å². The molecule has 0 atom stereocenters. The molecule has 1 aromatic carbocycles. The van der Waals surface area contributed by atoms with Crippen LogP contribution in [0.25, 0.3) is 0 Å². The van der Waals surface area contributed by atoms with Gasteiger partial charge in [-0.2, -0.15) is 0 Å². The van der Waals surface area contributed by atoms with Crippen LogP contribution in [0.3, 0.4) is 0 Å². The van der Waals surface area contributed by atoms with E-state index in [-0.39, 0.29) is 5.91 Å². The van der Waals surface area contributed by atoms with Crippen LogP contribution >= 0.6 is 15.9 Å². The van der Waals surface area contributed by atoms with Gasteiger partial charge < -0.3 is 4.90 Å². The van der Waals surface area contributed by atoms with E-state index in [1.807, 2.05) is 24.0 Å². The molecule has 1 aliphatic rings. The molecule has 1 fully saturated rings. The fourth-order valence-electron chi connectivity index (χ4n) is 2.51. The number of carbonyl (C=O) groups excluding carboxylic acids is 1. The van der Waals surface area contributed by atoms with Crippen LogP contribution in [0.15, 0.2) is 18.2 Å². The Morgan fingerprint density at radius 1 is 1.33 bits per heavy atom. The summed E-state index contributed by atoms with van der Waals surface area (Å²) in [7, 11) is 0. The Labute approximate surface area is 117 Å². The van der Waals surface area contributed by atoms with Gasteiger partial charge in [0.2, 0.25) is 0 Å². The van der Waals surface area contributed by atoms with Crippen LogP contribution in [-0.4, -0.2) is 29.2 Å². The Bertz CT molecular complexity index is 436. The molecule has 98 valence electrons. The van der Waals surface area contributed by atoms with Gasteiger partial charge in [0.1, 0.15) is 0 Å². The van der Waals surface area contributed by atoms with Gasteiger partial charge in [-0.3, -0.25) is 4.79 Å². The largest absolute Gasteiger partial charge is 0.339 e. The molecule has 3 heteroatoms. The van der Waals surface area contributed by atoms with E-state index in [1.54, 1.807) is 0 Å². The third-order valence-corrected chi connectivity index (χ3v) is 4.65. The minimum absolute atomic E-state index is 0.195. The van der Waals surface area contributed by atoms with Gasteiger partial charge in [0.15, 0.2) is 0 Å². The molecule has 2 rings (SSSR count). The van der Waals surface area contributed by atoms with E-state index in [0.717, 1.165) is 48.3 Å². The highest BCUT2D eigenvalue weighted by atomic mass is 79.9. The first-order chi connectivity index (χ1) is 8.61. The maximum Gasteiger partial charge on any atom is 0.254 e. The van der Waals surface area contributed by atoms with Crippen molar-refractivity contribution in [2.24, 2.45) is 5.92 Å². The van der Waals surface area contributed by atoms with Crippen molar-refractivity contribution in [3.63, 3.8) is 0 Å². The van der Waals surface area contributed by atoms with Crippen LogP contribution in [0.4, 0.5) is 0 Å². The summed E-state index contributed by atoms with van der Waals surface area (Å²) in [6.07, 6.45) is 2.23. The molecule has 1 saturated heterocycles. The highest BCUT2D eigenvalue weighted by molar-refractivity contribution is 9.09. The summed E-state index contributed by atoms with van der Waals surface area (Å²) in [4.78, 5) is 14.4. The lowest BCUT2D eigenvalue weighted by Gasteiger charge is -2.31. The van der Waals surface area contributed by atoms with Crippen LogP contribution in [-0.2, 0) is 0 Å². The number of hydrogen-bond donors (Lipinski definition) is 0. The second-order valence-electron chi connectivity index (χ2n) is 5.21. The highest BCUT2D eigenvalue weighted by Crippen LogP contribution is 2.21. The molecule has 0 aromatic heterocycles. The lowest BCUT2D eigenvalue weighted by Crippen LogP contribution is -2.39. The zero-order valence-electron chi connectivity index (χ0n) is 11.1. The van der Waals surface area contributed by atoms with E-state index in [2.05, 4.69) is 28.9 Å². The second-order valence-corrected chi connectivity index (χ2v) is 5.86. The molecule has 0 bridgehead atoms. The summed E-state index contributed by atoms with van der Waals surface area (Å²) in [5, 5.41) is 1.05. The van der Waals surface area contributed by atoms with E-state index in [1.165, 1.54) is 5.56 Å². The van der Waals surface area contributed by atoms with Crippen LogP contribution in [0.5, 0.6) is 0 Å². The van der Waals surface area contributed by atoms with Gasteiger partial charge in [0.05, 0.1) is 0 Å². The third kappa shape index (κ3) is 2.94. The van der Waals surface area contributed by atoms with E-state index >= 15 is 0 Å². The SMILES string of the molecule is Cc1ccc(C(=O)N2CCC(CBr)CC2)c(C)c1. The molecule has 2 nitrogen and oxygen atoms in total. The summed E-state index contributed by atoms with van der Waals surface area (Å²) in [6, 6.07) is 6.06. The zero-order chi connectivity index (χ0) is 13.1. The number of halogens is 1. The van der Waals surface area contributed by atoms with Crippen molar-refractivity contribution in [1.29, 1.82) is 0 Å². The average molecular weight is 310 g/mol. The first-order valence-corrected chi connectivity index (χ1v) is 7.66. The molecule has 0 radical (unpaired) electrons. The maximum atomic E-state index is 12.4. The number of alkyl halides is 1. The van der Waals surface area contributed by atoms with E-state index in [9.17, 15) is 4.79 Å².